The number of hydrogen-bond donors (Lipinski definition) is 2. The van der Waals surface area contributed by atoms with Gasteiger partial charge < -0.3 is 19.8 Å². The molecule has 4 aromatic rings. The number of ether oxygens (including phenoxy) is 2. The first-order valence-electron chi connectivity index (χ1n) is 11.2. The number of methoxy groups -OCH3 is 1. The van der Waals surface area contributed by atoms with Crippen LogP contribution in [-0.2, 0) is 16.0 Å². The fraction of sp³-hybridized carbons (Fsp3) is 0.185. The minimum absolute atomic E-state index is 0.142. The Labute approximate surface area is 197 Å². The number of hydrogen-bond acceptors (Lipinski definition) is 5. The van der Waals surface area contributed by atoms with Crippen molar-refractivity contribution >= 4 is 28.4 Å². The fourth-order valence-corrected chi connectivity index (χ4v) is 4.22. The summed E-state index contributed by atoms with van der Waals surface area (Å²) in [5.74, 6) is 1.72. The lowest BCUT2D eigenvalue weighted by atomic mass is 10.1. The molecule has 1 aromatic heterocycles. The van der Waals surface area contributed by atoms with Gasteiger partial charge in [-0.25, -0.2) is 4.90 Å². The summed E-state index contributed by atoms with van der Waals surface area (Å²) < 4.78 is 11.1. The second-order valence-corrected chi connectivity index (χ2v) is 8.16. The van der Waals surface area contributed by atoms with Gasteiger partial charge in [-0.05, 0) is 66.6 Å². The smallest absolute Gasteiger partial charge is 0.251 e. The lowest BCUT2D eigenvalue weighted by molar-refractivity contribution is -0.121. The van der Waals surface area contributed by atoms with Gasteiger partial charge in [0.25, 0.3) is 5.91 Å². The van der Waals surface area contributed by atoms with Crippen molar-refractivity contribution in [1.29, 1.82) is 0 Å². The second kappa shape index (κ2) is 9.41. The monoisotopic (exact) mass is 455 g/mol. The van der Waals surface area contributed by atoms with Crippen LogP contribution in [0.15, 0.2) is 79.0 Å². The van der Waals surface area contributed by atoms with Gasteiger partial charge in [-0.15, -0.1) is 0 Å². The summed E-state index contributed by atoms with van der Waals surface area (Å²) in [6, 6.07) is 21.8. The summed E-state index contributed by atoms with van der Waals surface area (Å²) in [6.45, 7) is 0.575. The van der Waals surface area contributed by atoms with E-state index in [1.807, 2.05) is 54.7 Å². The van der Waals surface area contributed by atoms with E-state index in [0.717, 1.165) is 34.4 Å². The summed E-state index contributed by atoms with van der Waals surface area (Å²) in [7, 11) is 1.65. The predicted molar refractivity (Wildman–Crippen MR) is 130 cm³/mol. The Morgan fingerprint density at radius 3 is 2.47 bits per heavy atom. The summed E-state index contributed by atoms with van der Waals surface area (Å²) in [5.41, 5.74) is 2.71. The molecule has 0 saturated carbocycles. The van der Waals surface area contributed by atoms with Gasteiger partial charge in [-0.3, -0.25) is 9.59 Å². The number of anilines is 1. The zero-order valence-electron chi connectivity index (χ0n) is 18.8. The van der Waals surface area contributed by atoms with Crippen molar-refractivity contribution in [2.24, 2.45) is 0 Å². The number of carbonyl (C=O) groups is 2. The zero-order valence-corrected chi connectivity index (χ0v) is 18.8. The van der Waals surface area contributed by atoms with Crippen molar-refractivity contribution in [3.05, 3.63) is 84.6 Å². The van der Waals surface area contributed by atoms with Crippen LogP contribution < -0.4 is 19.7 Å². The van der Waals surface area contributed by atoms with Crippen molar-refractivity contribution in [2.75, 3.05) is 18.6 Å². The van der Waals surface area contributed by atoms with E-state index in [1.165, 1.54) is 4.90 Å². The number of rotatable bonds is 8. The molecule has 1 unspecified atom stereocenters. The number of para-hydroxylation sites is 1. The highest BCUT2D eigenvalue weighted by atomic mass is 16.5. The highest BCUT2D eigenvalue weighted by molar-refractivity contribution is 6.22. The maximum Gasteiger partial charge on any atom is 0.251 e. The Kier molecular flexibility index (Phi) is 6.01. The molecular formula is C27H25N3O4. The number of carbonyl (C=O) groups excluding carboxylic acids is 2. The van der Waals surface area contributed by atoms with E-state index in [1.54, 1.807) is 31.4 Å². The largest absolute Gasteiger partial charge is 0.497 e. The van der Waals surface area contributed by atoms with E-state index in [-0.39, 0.29) is 18.2 Å². The van der Waals surface area contributed by atoms with Gasteiger partial charge in [0.05, 0.1) is 25.3 Å². The van der Waals surface area contributed by atoms with Gasteiger partial charge >= 0.3 is 0 Å². The maximum atomic E-state index is 13.0. The number of benzene rings is 3. The molecule has 2 N–H and O–H groups in total. The predicted octanol–water partition coefficient (Wildman–Crippen LogP) is 4.43. The Bertz CT molecular complexity index is 1310. The molecule has 34 heavy (non-hydrogen) atoms. The Balaban J connectivity index is 1.21. The number of amides is 2. The molecule has 1 aliphatic heterocycles. The number of fused-ring (bicyclic) bond motifs is 1. The van der Waals surface area contributed by atoms with Crippen LogP contribution in [0, 0.1) is 0 Å². The Morgan fingerprint density at radius 2 is 1.71 bits per heavy atom. The number of nitrogens with zero attached hydrogens (tertiary/aromatic N) is 1. The van der Waals surface area contributed by atoms with Gasteiger partial charge in [-0.2, -0.15) is 0 Å². The number of aromatic amines is 1. The highest BCUT2D eigenvalue weighted by Crippen LogP contribution is 2.28. The average molecular weight is 456 g/mol. The standard InChI is InChI=1S/C27H25N3O4/c1-33-22-11-12-24-23(15-22)18(17-29-24)13-14-28-25-16-26(31)30(27(25)32)19-7-9-21(10-8-19)34-20-5-3-2-4-6-20/h2-12,15,17,25,28-29H,13-14,16H2,1H3. The molecule has 1 saturated heterocycles. The van der Waals surface area contributed by atoms with E-state index in [0.29, 0.717) is 18.0 Å². The van der Waals surface area contributed by atoms with Crippen LogP contribution in [-0.4, -0.2) is 36.5 Å². The second-order valence-electron chi connectivity index (χ2n) is 8.16. The van der Waals surface area contributed by atoms with Crippen molar-refractivity contribution in [3.8, 4) is 17.2 Å². The number of H-pyrrole nitrogens is 1. The quantitative estimate of drug-likeness (QED) is 0.384. The first kappa shape index (κ1) is 21.7. The van der Waals surface area contributed by atoms with Crippen LogP contribution in [0.25, 0.3) is 10.9 Å². The number of nitrogens with one attached hydrogen (secondary N) is 2. The van der Waals surface area contributed by atoms with Crippen LogP contribution in [0.3, 0.4) is 0 Å². The van der Waals surface area contributed by atoms with Gasteiger partial charge in [-0.1, -0.05) is 18.2 Å². The molecule has 5 rings (SSSR count). The van der Waals surface area contributed by atoms with E-state index < -0.39 is 6.04 Å². The minimum Gasteiger partial charge on any atom is -0.497 e. The van der Waals surface area contributed by atoms with Crippen LogP contribution in [0.2, 0.25) is 0 Å². The van der Waals surface area contributed by atoms with Gasteiger partial charge in [0.15, 0.2) is 0 Å². The van der Waals surface area contributed by atoms with Crippen molar-refractivity contribution < 1.29 is 19.1 Å². The molecule has 0 spiro atoms. The van der Waals surface area contributed by atoms with Crippen molar-refractivity contribution in [1.82, 2.24) is 10.3 Å². The van der Waals surface area contributed by atoms with E-state index in [2.05, 4.69) is 10.3 Å². The number of imide groups is 1. The van der Waals surface area contributed by atoms with E-state index >= 15 is 0 Å². The molecule has 1 fully saturated rings. The third-order valence-corrected chi connectivity index (χ3v) is 5.98. The molecule has 1 atom stereocenters. The molecular weight excluding hydrogens is 430 g/mol. The Morgan fingerprint density at radius 1 is 0.971 bits per heavy atom. The molecule has 0 aliphatic carbocycles. The third kappa shape index (κ3) is 4.38. The summed E-state index contributed by atoms with van der Waals surface area (Å²) in [4.78, 5) is 30.1. The highest BCUT2D eigenvalue weighted by Gasteiger charge is 2.39. The number of aromatic nitrogens is 1. The Hall–Kier alpha value is -4.10. The summed E-state index contributed by atoms with van der Waals surface area (Å²) in [5, 5.41) is 4.35. The molecule has 0 bridgehead atoms. The first-order chi connectivity index (χ1) is 16.6. The molecule has 2 heterocycles. The molecule has 7 heteroatoms. The van der Waals surface area contributed by atoms with E-state index in [4.69, 9.17) is 9.47 Å². The maximum absolute atomic E-state index is 13.0. The summed E-state index contributed by atoms with van der Waals surface area (Å²) in [6.07, 6.45) is 2.83. The molecule has 2 amide bonds. The van der Waals surface area contributed by atoms with Crippen LogP contribution in [0.4, 0.5) is 5.69 Å². The molecule has 1 aliphatic rings. The lowest BCUT2D eigenvalue weighted by Crippen LogP contribution is -2.39. The molecule has 7 nitrogen and oxygen atoms in total. The van der Waals surface area contributed by atoms with E-state index in [9.17, 15) is 9.59 Å². The van der Waals surface area contributed by atoms with Crippen molar-refractivity contribution in [3.63, 3.8) is 0 Å². The van der Waals surface area contributed by atoms with Gasteiger partial charge in [0, 0.05) is 23.6 Å². The van der Waals surface area contributed by atoms with Crippen molar-refractivity contribution in [2.45, 2.75) is 18.9 Å². The molecule has 3 aromatic carbocycles. The fourth-order valence-electron chi connectivity index (χ4n) is 4.22. The third-order valence-electron chi connectivity index (χ3n) is 5.98. The molecule has 172 valence electrons. The normalized spacial score (nSPS) is 15.8. The average Bonchev–Trinajstić information content (AvgIpc) is 3.39. The minimum atomic E-state index is -0.535. The van der Waals surface area contributed by atoms with Gasteiger partial charge in [0.2, 0.25) is 5.91 Å². The van der Waals surface area contributed by atoms with Gasteiger partial charge in [0.1, 0.15) is 17.2 Å². The van der Waals surface area contributed by atoms with Crippen LogP contribution in [0.1, 0.15) is 12.0 Å². The van der Waals surface area contributed by atoms with Crippen LogP contribution in [0.5, 0.6) is 17.2 Å². The topological polar surface area (TPSA) is 83.7 Å². The first-order valence-corrected chi connectivity index (χ1v) is 11.2. The van der Waals surface area contributed by atoms with Crippen LogP contribution >= 0.6 is 0 Å². The summed E-state index contributed by atoms with van der Waals surface area (Å²) >= 11 is 0. The lowest BCUT2D eigenvalue weighted by Gasteiger charge is -2.16. The zero-order chi connectivity index (χ0) is 23.5. The molecule has 0 radical (unpaired) electrons. The SMILES string of the molecule is COc1ccc2[nH]cc(CCNC3CC(=O)N(c4ccc(Oc5ccccc5)cc4)C3=O)c2c1.